The van der Waals surface area contributed by atoms with Crippen molar-refractivity contribution in [2.75, 3.05) is 13.7 Å². The summed E-state index contributed by atoms with van der Waals surface area (Å²) in [5.41, 5.74) is 1.90. The van der Waals surface area contributed by atoms with Gasteiger partial charge in [-0.1, -0.05) is 6.07 Å². The zero-order chi connectivity index (χ0) is 13.7. The number of benzene rings is 1. The Morgan fingerprint density at radius 3 is 2.84 bits per heavy atom. The molecular formula is C15H19NO3. The van der Waals surface area contributed by atoms with E-state index in [9.17, 15) is 5.11 Å². The quantitative estimate of drug-likeness (QED) is 0.838. The molecule has 1 aromatic carbocycles. The Kier molecular flexibility index (Phi) is 4.60. The highest BCUT2D eigenvalue weighted by molar-refractivity contribution is 5.37. The number of hydrogen-bond donors (Lipinski definition) is 2. The third-order valence-corrected chi connectivity index (χ3v) is 3.02. The molecular weight excluding hydrogens is 242 g/mol. The fraction of sp³-hybridized carbons (Fsp3) is 0.333. The van der Waals surface area contributed by atoms with Crippen molar-refractivity contribution in [1.82, 2.24) is 5.32 Å². The smallest absolute Gasteiger partial charge is 0.121 e. The number of hydrogen-bond acceptors (Lipinski definition) is 4. The lowest BCUT2D eigenvalue weighted by atomic mass is 10.1. The van der Waals surface area contributed by atoms with E-state index in [1.54, 1.807) is 13.4 Å². The molecule has 2 aromatic rings. The lowest BCUT2D eigenvalue weighted by Gasteiger charge is -2.13. The molecule has 2 rings (SSSR count). The Morgan fingerprint density at radius 1 is 1.37 bits per heavy atom. The Hall–Kier alpha value is -1.78. The van der Waals surface area contributed by atoms with Gasteiger partial charge in [0.2, 0.25) is 0 Å². The van der Waals surface area contributed by atoms with Gasteiger partial charge in [-0.2, -0.15) is 0 Å². The predicted octanol–water partition coefficient (Wildman–Crippen LogP) is 2.42. The lowest BCUT2D eigenvalue weighted by Crippen LogP contribution is -2.20. The summed E-state index contributed by atoms with van der Waals surface area (Å²) in [5, 5.41) is 13.3. The van der Waals surface area contributed by atoms with Crippen molar-refractivity contribution in [2.24, 2.45) is 0 Å². The monoisotopic (exact) mass is 261 g/mol. The van der Waals surface area contributed by atoms with Crippen LogP contribution in [0.1, 0.15) is 23.0 Å². The van der Waals surface area contributed by atoms with E-state index >= 15 is 0 Å². The Morgan fingerprint density at radius 2 is 2.21 bits per heavy atom. The molecule has 0 fully saturated rings. The lowest BCUT2D eigenvalue weighted by molar-refractivity contribution is 0.173. The average Bonchev–Trinajstić information content (AvgIpc) is 2.91. The van der Waals surface area contributed by atoms with Crippen molar-refractivity contribution in [2.45, 2.75) is 19.6 Å². The number of furan rings is 1. The molecule has 0 bridgehead atoms. The fourth-order valence-electron chi connectivity index (χ4n) is 1.97. The molecule has 0 spiro atoms. The van der Waals surface area contributed by atoms with E-state index in [0.717, 1.165) is 22.6 Å². The number of nitrogens with one attached hydrogen (secondary N) is 1. The van der Waals surface area contributed by atoms with Crippen LogP contribution in [0, 0.1) is 6.92 Å². The van der Waals surface area contributed by atoms with Crippen LogP contribution in [0.15, 0.2) is 41.0 Å². The summed E-state index contributed by atoms with van der Waals surface area (Å²) < 4.78 is 10.4. The zero-order valence-electron chi connectivity index (χ0n) is 11.2. The highest BCUT2D eigenvalue weighted by atomic mass is 16.5. The third kappa shape index (κ3) is 3.59. The number of methoxy groups -OCH3 is 1. The normalized spacial score (nSPS) is 12.4. The minimum atomic E-state index is -0.542. The molecule has 0 saturated heterocycles. The van der Waals surface area contributed by atoms with Crippen LogP contribution in [-0.2, 0) is 6.54 Å². The van der Waals surface area contributed by atoms with Crippen LogP contribution in [0.3, 0.4) is 0 Å². The minimum Gasteiger partial charge on any atom is -0.496 e. The third-order valence-electron chi connectivity index (χ3n) is 3.02. The van der Waals surface area contributed by atoms with Gasteiger partial charge in [-0.05, 0) is 42.3 Å². The first-order valence-corrected chi connectivity index (χ1v) is 6.26. The summed E-state index contributed by atoms with van der Waals surface area (Å²) in [4.78, 5) is 0. The first kappa shape index (κ1) is 13.6. The van der Waals surface area contributed by atoms with Gasteiger partial charge in [0.15, 0.2) is 0 Å². The van der Waals surface area contributed by atoms with E-state index in [1.807, 2.05) is 37.3 Å². The van der Waals surface area contributed by atoms with Crippen LogP contribution in [-0.4, -0.2) is 18.8 Å². The van der Waals surface area contributed by atoms with Crippen LogP contribution in [0.2, 0.25) is 0 Å². The van der Waals surface area contributed by atoms with Crippen LogP contribution < -0.4 is 10.1 Å². The van der Waals surface area contributed by atoms with Crippen molar-refractivity contribution in [3.05, 3.63) is 53.5 Å². The topological polar surface area (TPSA) is 54.6 Å². The van der Waals surface area contributed by atoms with Gasteiger partial charge < -0.3 is 19.6 Å². The number of rotatable bonds is 6. The Labute approximate surface area is 113 Å². The summed E-state index contributed by atoms with van der Waals surface area (Å²) in [6.07, 6.45) is 1.10. The Balaban J connectivity index is 1.88. The van der Waals surface area contributed by atoms with Gasteiger partial charge in [0, 0.05) is 6.54 Å². The standard InChI is InChI=1S/C15H19NO3/c1-11-8-12(5-6-15(11)18-2)14(17)10-16-9-13-4-3-7-19-13/h3-8,14,16-17H,9-10H2,1-2H3. The van der Waals surface area contributed by atoms with Crippen molar-refractivity contribution < 1.29 is 14.3 Å². The molecule has 0 aliphatic rings. The predicted molar refractivity (Wildman–Crippen MR) is 73.1 cm³/mol. The zero-order valence-corrected chi connectivity index (χ0v) is 11.2. The molecule has 1 heterocycles. The van der Waals surface area contributed by atoms with Gasteiger partial charge in [-0.15, -0.1) is 0 Å². The molecule has 0 amide bonds. The molecule has 0 aliphatic carbocycles. The van der Waals surface area contributed by atoms with Gasteiger partial charge in [0.25, 0.3) is 0 Å². The molecule has 0 aliphatic heterocycles. The average molecular weight is 261 g/mol. The largest absolute Gasteiger partial charge is 0.496 e. The molecule has 4 heteroatoms. The summed E-state index contributed by atoms with van der Waals surface area (Å²) in [6, 6.07) is 9.45. The van der Waals surface area contributed by atoms with Crippen LogP contribution in [0.25, 0.3) is 0 Å². The van der Waals surface area contributed by atoms with Gasteiger partial charge in [-0.25, -0.2) is 0 Å². The second-order valence-electron chi connectivity index (χ2n) is 4.46. The SMILES string of the molecule is COc1ccc(C(O)CNCc2ccco2)cc1C. The van der Waals surface area contributed by atoms with E-state index in [2.05, 4.69) is 5.32 Å². The van der Waals surface area contributed by atoms with Crippen LogP contribution in [0.5, 0.6) is 5.75 Å². The Bertz CT molecular complexity index is 508. The van der Waals surface area contributed by atoms with Gasteiger partial charge in [0.05, 0.1) is 26.0 Å². The van der Waals surface area contributed by atoms with E-state index in [4.69, 9.17) is 9.15 Å². The molecule has 1 aromatic heterocycles. The van der Waals surface area contributed by atoms with Crippen molar-refractivity contribution in [3.63, 3.8) is 0 Å². The molecule has 0 saturated carbocycles. The summed E-state index contributed by atoms with van der Waals surface area (Å²) in [5.74, 6) is 1.69. The highest BCUT2D eigenvalue weighted by Crippen LogP contribution is 2.22. The highest BCUT2D eigenvalue weighted by Gasteiger charge is 2.09. The molecule has 19 heavy (non-hydrogen) atoms. The molecule has 1 atom stereocenters. The second kappa shape index (κ2) is 6.41. The number of aliphatic hydroxyl groups is 1. The maximum Gasteiger partial charge on any atom is 0.121 e. The molecule has 2 N–H and O–H groups in total. The maximum atomic E-state index is 10.1. The number of ether oxygens (including phenoxy) is 1. The maximum absolute atomic E-state index is 10.1. The van der Waals surface area contributed by atoms with E-state index in [-0.39, 0.29) is 0 Å². The molecule has 102 valence electrons. The van der Waals surface area contributed by atoms with Crippen LogP contribution >= 0.6 is 0 Å². The second-order valence-corrected chi connectivity index (χ2v) is 4.46. The molecule has 4 nitrogen and oxygen atoms in total. The van der Waals surface area contributed by atoms with Gasteiger partial charge >= 0.3 is 0 Å². The summed E-state index contributed by atoms with van der Waals surface area (Å²) in [6.45, 7) is 3.05. The summed E-state index contributed by atoms with van der Waals surface area (Å²) >= 11 is 0. The van der Waals surface area contributed by atoms with E-state index in [0.29, 0.717) is 13.1 Å². The first-order valence-electron chi connectivity index (χ1n) is 6.26. The molecule has 1 unspecified atom stereocenters. The fourth-order valence-corrected chi connectivity index (χ4v) is 1.97. The van der Waals surface area contributed by atoms with Crippen molar-refractivity contribution in [1.29, 1.82) is 0 Å². The minimum absolute atomic E-state index is 0.479. The van der Waals surface area contributed by atoms with E-state index < -0.39 is 6.10 Å². The van der Waals surface area contributed by atoms with Crippen molar-refractivity contribution in [3.8, 4) is 5.75 Å². The van der Waals surface area contributed by atoms with Gasteiger partial charge in [0.1, 0.15) is 11.5 Å². The summed E-state index contributed by atoms with van der Waals surface area (Å²) in [7, 11) is 1.64. The van der Waals surface area contributed by atoms with Crippen LogP contribution in [0.4, 0.5) is 0 Å². The number of aryl methyl sites for hydroxylation is 1. The number of aliphatic hydroxyl groups excluding tert-OH is 1. The molecule has 0 radical (unpaired) electrons. The van der Waals surface area contributed by atoms with E-state index in [1.165, 1.54) is 0 Å². The van der Waals surface area contributed by atoms with Gasteiger partial charge in [-0.3, -0.25) is 0 Å². The van der Waals surface area contributed by atoms with Crippen molar-refractivity contribution >= 4 is 0 Å². The first-order chi connectivity index (χ1) is 9.20.